The van der Waals surface area contributed by atoms with Gasteiger partial charge in [0.25, 0.3) is 0 Å². The second-order valence-electron chi connectivity index (χ2n) is 3.60. The van der Waals surface area contributed by atoms with Gasteiger partial charge < -0.3 is 10.1 Å². The predicted molar refractivity (Wildman–Crippen MR) is 67.2 cm³/mol. The van der Waals surface area contributed by atoms with Gasteiger partial charge in [-0.1, -0.05) is 18.1 Å². The maximum atomic E-state index is 4.98. The molecule has 0 spiro atoms. The van der Waals surface area contributed by atoms with Crippen LogP contribution in [0.4, 0.5) is 0 Å². The van der Waals surface area contributed by atoms with Gasteiger partial charge >= 0.3 is 0 Å². The van der Waals surface area contributed by atoms with Crippen molar-refractivity contribution >= 4 is 0 Å². The number of nitrogens with one attached hydrogen (secondary N) is 1. The van der Waals surface area contributed by atoms with Crippen molar-refractivity contribution < 1.29 is 4.74 Å². The zero-order chi connectivity index (χ0) is 11.6. The maximum Gasteiger partial charge on any atom is 0.0474 e. The van der Waals surface area contributed by atoms with Crippen molar-refractivity contribution in [1.29, 1.82) is 0 Å². The zero-order valence-corrected chi connectivity index (χ0v) is 10.0. The van der Waals surface area contributed by atoms with Gasteiger partial charge in [0.05, 0.1) is 0 Å². The molecule has 1 rings (SSSR count). The lowest BCUT2D eigenvalue weighted by Crippen LogP contribution is -2.15. The molecule has 86 valence electrons. The number of ether oxygens (including phenoxy) is 1. The molecule has 0 aliphatic rings. The number of hydrogen-bond acceptors (Lipinski definition) is 2. The fourth-order valence-corrected chi connectivity index (χ4v) is 1.42. The largest absolute Gasteiger partial charge is 0.385 e. The highest BCUT2D eigenvalue weighted by Crippen LogP contribution is 2.02. The van der Waals surface area contributed by atoms with Crippen molar-refractivity contribution in [3.05, 3.63) is 35.4 Å². The summed E-state index contributed by atoms with van der Waals surface area (Å²) in [6, 6.07) is 8.34. The van der Waals surface area contributed by atoms with Gasteiger partial charge in [-0.3, -0.25) is 0 Å². The van der Waals surface area contributed by atoms with Crippen LogP contribution in [-0.4, -0.2) is 20.3 Å². The number of methoxy groups -OCH3 is 1. The van der Waals surface area contributed by atoms with Crippen molar-refractivity contribution in [3.8, 4) is 11.8 Å². The quantitative estimate of drug-likeness (QED) is 0.582. The Balaban J connectivity index is 2.28. The van der Waals surface area contributed by atoms with Crippen LogP contribution >= 0.6 is 0 Å². The number of benzene rings is 1. The first kappa shape index (κ1) is 12.8. The Morgan fingerprint density at radius 3 is 2.62 bits per heavy atom. The van der Waals surface area contributed by atoms with E-state index in [1.54, 1.807) is 7.11 Å². The summed E-state index contributed by atoms with van der Waals surface area (Å²) in [5, 5.41) is 3.37. The van der Waals surface area contributed by atoms with Gasteiger partial charge in [-0.15, -0.1) is 5.92 Å². The van der Waals surface area contributed by atoms with Gasteiger partial charge in [-0.25, -0.2) is 0 Å². The number of hydrogen-bond donors (Lipinski definition) is 1. The lowest BCUT2D eigenvalue weighted by Gasteiger charge is -2.04. The first-order chi connectivity index (χ1) is 7.86. The molecule has 0 bridgehead atoms. The van der Waals surface area contributed by atoms with E-state index in [0.717, 1.165) is 31.7 Å². The zero-order valence-electron chi connectivity index (χ0n) is 10.0. The molecule has 0 radical (unpaired) electrons. The van der Waals surface area contributed by atoms with E-state index in [1.165, 1.54) is 5.56 Å². The minimum absolute atomic E-state index is 0.817. The molecule has 0 aromatic heterocycles. The lowest BCUT2D eigenvalue weighted by atomic mass is 10.1. The third-order valence-corrected chi connectivity index (χ3v) is 2.25. The smallest absolute Gasteiger partial charge is 0.0474 e. The highest BCUT2D eigenvalue weighted by Gasteiger charge is 1.92. The third kappa shape index (κ3) is 4.97. The Hall–Kier alpha value is -1.30. The minimum atomic E-state index is 0.817. The molecule has 1 N–H and O–H groups in total. The summed E-state index contributed by atoms with van der Waals surface area (Å²) < 4.78 is 4.98. The van der Waals surface area contributed by atoms with Crippen LogP contribution in [0.25, 0.3) is 0 Å². The second-order valence-corrected chi connectivity index (χ2v) is 3.60. The predicted octanol–water partition coefficient (Wildman–Crippen LogP) is 2.18. The molecule has 0 saturated carbocycles. The first-order valence-electron chi connectivity index (χ1n) is 5.58. The molecule has 0 amide bonds. The Bertz CT molecular complexity index is 345. The standard InChI is InChI=1S/C14H19NO/c1-3-5-13-6-8-14(9-7-13)12-15-10-4-11-16-2/h6-9,15H,4,10-12H2,1-2H3. The second kappa shape index (κ2) is 7.92. The third-order valence-electron chi connectivity index (χ3n) is 2.25. The van der Waals surface area contributed by atoms with Crippen LogP contribution in [0.2, 0.25) is 0 Å². The van der Waals surface area contributed by atoms with E-state index < -0.39 is 0 Å². The summed E-state index contributed by atoms with van der Waals surface area (Å²) in [7, 11) is 1.73. The van der Waals surface area contributed by atoms with Crippen LogP contribution in [0, 0.1) is 11.8 Å². The Morgan fingerprint density at radius 1 is 1.25 bits per heavy atom. The summed E-state index contributed by atoms with van der Waals surface area (Å²) in [5.74, 6) is 5.92. The fourth-order valence-electron chi connectivity index (χ4n) is 1.42. The van der Waals surface area contributed by atoms with Crippen molar-refractivity contribution in [2.75, 3.05) is 20.3 Å². The molecule has 0 saturated heterocycles. The van der Waals surface area contributed by atoms with Crippen molar-refractivity contribution in [3.63, 3.8) is 0 Å². The Kier molecular flexibility index (Phi) is 6.32. The van der Waals surface area contributed by atoms with Crippen LogP contribution < -0.4 is 5.32 Å². The molecule has 1 aromatic carbocycles. The molecular formula is C14H19NO. The van der Waals surface area contributed by atoms with Gasteiger partial charge in [0.2, 0.25) is 0 Å². The van der Waals surface area contributed by atoms with Gasteiger partial charge in [0.15, 0.2) is 0 Å². The molecule has 0 atom stereocenters. The molecule has 16 heavy (non-hydrogen) atoms. The van der Waals surface area contributed by atoms with Crippen LogP contribution in [0.1, 0.15) is 24.5 Å². The lowest BCUT2D eigenvalue weighted by molar-refractivity contribution is 0.194. The van der Waals surface area contributed by atoms with E-state index in [2.05, 4.69) is 41.4 Å². The van der Waals surface area contributed by atoms with E-state index in [9.17, 15) is 0 Å². The highest BCUT2D eigenvalue weighted by atomic mass is 16.5. The normalized spacial score (nSPS) is 9.62. The highest BCUT2D eigenvalue weighted by molar-refractivity contribution is 5.35. The van der Waals surface area contributed by atoms with Crippen LogP contribution in [0.3, 0.4) is 0 Å². The van der Waals surface area contributed by atoms with Gasteiger partial charge in [-0.2, -0.15) is 0 Å². The summed E-state index contributed by atoms with van der Waals surface area (Å²) in [6.07, 6.45) is 1.05. The average molecular weight is 217 g/mol. The van der Waals surface area contributed by atoms with E-state index in [4.69, 9.17) is 4.74 Å². The van der Waals surface area contributed by atoms with Crippen LogP contribution in [-0.2, 0) is 11.3 Å². The molecule has 2 heteroatoms. The molecule has 0 fully saturated rings. The van der Waals surface area contributed by atoms with Crippen LogP contribution in [0.5, 0.6) is 0 Å². The molecule has 0 unspecified atom stereocenters. The monoisotopic (exact) mass is 217 g/mol. The van der Waals surface area contributed by atoms with E-state index in [1.807, 2.05) is 6.92 Å². The summed E-state index contributed by atoms with van der Waals surface area (Å²) in [4.78, 5) is 0. The van der Waals surface area contributed by atoms with E-state index in [-0.39, 0.29) is 0 Å². The first-order valence-corrected chi connectivity index (χ1v) is 5.58. The maximum absolute atomic E-state index is 4.98. The molecular weight excluding hydrogens is 198 g/mol. The average Bonchev–Trinajstić information content (AvgIpc) is 2.31. The summed E-state index contributed by atoms with van der Waals surface area (Å²) in [6.45, 7) is 4.57. The molecule has 0 heterocycles. The van der Waals surface area contributed by atoms with Crippen molar-refractivity contribution in [1.82, 2.24) is 5.32 Å². The summed E-state index contributed by atoms with van der Waals surface area (Å²) in [5.41, 5.74) is 2.37. The van der Waals surface area contributed by atoms with Gasteiger partial charge in [0.1, 0.15) is 0 Å². The van der Waals surface area contributed by atoms with Crippen molar-refractivity contribution in [2.24, 2.45) is 0 Å². The van der Waals surface area contributed by atoms with Gasteiger partial charge in [0, 0.05) is 25.8 Å². The minimum Gasteiger partial charge on any atom is -0.385 e. The van der Waals surface area contributed by atoms with E-state index in [0.29, 0.717) is 0 Å². The topological polar surface area (TPSA) is 21.3 Å². The summed E-state index contributed by atoms with van der Waals surface area (Å²) >= 11 is 0. The SMILES string of the molecule is CC#Cc1ccc(CNCCCOC)cc1. The number of rotatable bonds is 6. The van der Waals surface area contributed by atoms with Crippen LogP contribution in [0.15, 0.2) is 24.3 Å². The fraction of sp³-hybridized carbons (Fsp3) is 0.429. The molecule has 2 nitrogen and oxygen atoms in total. The van der Waals surface area contributed by atoms with Gasteiger partial charge in [-0.05, 0) is 37.6 Å². The Labute approximate surface area is 98.0 Å². The molecule has 0 aliphatic heterocycles. The van der Waals surface area contributed by atoms with E-state index >= 15 is 0 Å². The molecule has 0 aliphatic carbocycles. The molecule has 1 aromatic rings. The van der Waals surface area contributed by atoms with Crippen molar-refractivity contribution in [2.45, 2.75) is 19.9 Å². The Morgan fingerprint density at radius 2 is 2.00 bits per heavy atom.